The van der Waals surface area contributed by atoms with Gasteiger partial charge in [0.05, 0.1) is 6.04 Å². The van der Waals surface area contributed by atoms with E-state index in [1.807, 2.05) is 45.0 Å². The van der Waals surface area contributed by atoms with Crippen LogP contribution in [-0.2, 0) is 11.3 Å². The molecule has 0 aliphatic rings. The normalized spacial score (nSPS) is 12.5. The van der Waals surface area contributed by atoms with E-state index >= 15 is 0 Å². The van der Waals surface area contributed by atoms with Crippen molar-refractivity contribution in [2.75, 3.05) is 0 Å². The highest BCUT2D eigenvalue weighted by molar-refractivity contribution is 6.02. The first-order chi connectivity index (χ1) is 12.0. The third-order valence-corrected chi connectivity index (χ3v) is 4.28. The average molecular weight is 336 g/mol. The largest absolute Gasteiger partial charge is 0.349 e. The third-order valence-electron chi connectivity index (χ3n) is 4.28. The molecule has 0 radical (unpaired) electrons. The van der Waals surface area contributed by atoms with Crippen LogP contribution < -0.4 is 5.32 Å². The summed E-state index contributed by atoms with van der Waals surface area (Å²) in [5, 5.41) is 12.3. The van der Waals surface area contributed by atoms with Crippen molar-refractivity contribution in [1.82, 2.24) is 14.9 Å². The zero-order valence-electron chi connectivity index (χ0n) is 15.2. The maximum Gasteiger partial charge on any atom is 0.262 e. The van der Waals surface area contributed by atoms with Crippen LogP contribution in [-0.4, -0.2) is 15.5 Å². The number of aromatic nitrogens is 2. The first-order valence-electron chi connectivity index (χ1n) is 8.47. The number of nitrogens with zero attached hydrogens (tertiary/aromatic N) is 3. The molecule has 2 heterocycles. The van der Waals surface area contributed by atoms with Crippen molar-refractivity contribution in [2.24, 2.45) is 0 Å². The van der Waals surface area contributed by atoms with Crippen molar-refractivity contribution in [3.05, 3.63) is 58.7 Å². The van der Waals surface area contributed by atoms with Crippen LogP contribution in [0.4, 0.5) is 0 Å². The Labute approximate surface area is 149 Å². The molecule has 1 amide bonds. The molecule has 0 aromatic carbocycles. The van der Waals surface area contributed by atoms with Crippen molar-refractivity contribution < 1.29 is 4.79 Å². The minimum absolute atomic E-state index is 0.109. The molecule has 2 rings (SSSR count). The van der Waals surface area contributed by atoms with Gasteiger partial charge in [0.1, 0.15) is 11.6 Å². The molecular weight excluding hydrogens is 312 g/mol. The molecule has 1 N–H and O–H groups in total. The van der Waals surface area contributed by atoms with Gasteiger partial charge in [-0.15, -0.1) is 0 Å². The standard InChI is InChI=1S/C20H24N4O/c1-5-10-24-14(2)11-18(16(24)4)12-19(13-21)20(25)23-15(3)17-6-8-22-9-7-17/h6-9,11-12,15H,5,10H2,1-4H3,(H,23,25). The molecule has 0 fully saturated rings. The summed E-state index contributed by atoms with van der Waals surface area (Å²) in [6, 6.07) is 7.54. The van der Waals surface area contributed by atoms with E-state index in [0.29, 0.717) is 0 Å². The van der Waals surface area contributed by atoms with Crippen molar-refractivity contribution in [3.63, 3.8) is 0 Å². The summed E-state index contributed by atoms with van der Waals surface area (Å²) in [4.78, 5) is 16.4. The van der Waals surface area contributed by atoms with Gasteiger partial charge in [0, 0.05) is 30.3 Å². The lowest BCUT2D eigenvalue weighted by molar-refractivity contribution is -0.117. The quantitative estimate of drug-likeness (QED) is 0.646. The number of carbonyl (C=O) groups is 1. The first-order valence-corrected chi connectivity index (χ1v) is 8.47. The second-order valence-electron chi connectivity index (χ2n) is 6.12. The lowest BCUT2D eigenvalue weighted by Gasteiger charge is -2.13. The van der Waals surface area contributed by atoms with Gasteiger partial charge < -0.3 is 9.88 Å². The maximum absolute atomic E-state index is 12.5. The van der Waals surface area contributed by atoms with Crippen LogP contribution in [0, 0.1) is 25.2 Å². The van der Waals surface area contributed by atoms with Crippen LogP contribution in [0.2, 0.25) is 0 Å². The number of nitriles is 1. The molecule has 2 aromatic rings. The van der Waals surface area contributed by atoms with E-state index < -0.39 is 0 Å². The Kier molecular flexibility index (Phi) is 6.13. The molecule has 5 nitrogen and oxygen atoms in total. The Hall–Kier alpha value is -2.87. The summed E-state index contributed by atoms with van der Waals surface area (Å²) >= 11 is 0. The van der Waals surface area contributed by atoms with Gasteiger partial charge in [0.15, 0.2) is 0 Å². The molecule has 5 heteroatoms. The molecule has 0 aliphatic heterocycles. The van der Waals surface area contributed by atoms with E-state index in [0.717, 1.165) is 35.5 Å². The summed E-state index contributed by atoms with van der Waals surface area (Å²) in [7, 11) is 0. The molecule has 25 heavy (non-hydrogen) atoms. The Balaban J connectivity index is 2.22. The fraction of sp³-hybridized carbons (Fsp3) is 0.350. The van der Waals surface area contributed by atoms with Crippen LogP contribution in [0.25, 0.3) is 6.08 Å². The summed E-state index contributed by atoms with van der Waals surface area (Å²) < 4.78 is 2.21. The highest BCUT2D eigenvalue weighted by atomic mass is 16.1. The van der Waals surface area contributed by atoms with Crippen LogP contribution in [0.3, 0.4) is 0 Å². The predicted molar refractivity (Wildman–Crippen MR) is 98.6 cm³/mol. The molecule has 1 unspecified atom stereocenters. The van der Waals surface area contributed by atoms with Gasteiger partial charge in [-0.05, 0) is 62.6 Å². The number of carbonyl (C=O) groups excluding carboxylic acids is 1. The van der Waals surface area contributed by atoms with E-state index in [2.05, 4.69) is 21.8 Å². The zero-order valence-corrected chi connectivity index (χ0v) is 15.2. The smallest absolute Gasteiger partial charge is 0.262 e. The average Bonchev–Trinajstić information content (AvgIpc) is 2.88. The second kappa shape index (κ2) is 8.29. The summed E-state index contributed by atoms with van der Waals surface area (Å²) in [5.74, 6) is -0.368. The molecular formula is C20H24N4O. The van der Waals surface area contributed by atoms with Gasteiger partial charge in [-0.25, -0.2) is 0 Å². The molecule has 0 aliphatic carbocycles. The molecule has 0 saturated carbocycles. The third kappa shape index (κ3) is 4.36. The minimum atomic E-state index is -0.368. The lowest BCUT2D eigenvalue weighted by atomic mass is 10.1. The molecule has 2 aromatic heterocycles. The topological polar surface area (TPSA) is 70.7 Å². The Bertz CT molecular complexity index is 812. The number of rotatable bonds is 6. The molecule has 130 valence electrons. The van der Waals surface area contributed by atoms with Crippen molar-refractivity contribution in [1.29, 1.82) is 5.26 Å². The monoisotopic (exact) mass is 336 g/mol. The number of hydrogen-bond donors (Lipinski definition) is 1. The van der Waals surface area contributed by atoms with Gasteiger partial charge in [0.25, 0.3) is 5.91 Å². The van der Waals surface area contributed by atoms with Gasteiger partial charge in [-0.2, -0.15) is 5.26 Å². The fourth-order valence-electron chi connectivity index (χ4n) is 2.86. The van der Waals surface area contributed by atoms with Gasteiger partial charge in [-0.1, -0.05) is 6.92 Å². The maximum atomic E-state index is 12.5. The summed E-state index contributed by atoms with van der Waals surface area (Å²) in [6.45, 7) is 9.00. The van der Waals surface area contributed by atoms with Crippen LogP contribution in [0.1, 0.15) is 48.8 Å². The zero-order chi connectivity index (χ0) is 18.4. The van der Waals surface area contributed by atoms with E-state index in [4.69, 9.17) is 0 Å². The number of aryl methyl sites for hydroxylation is 1. The Morgan fingerprint density at radius 1 is 1.40 bits per heavy atom. The molecule has 1 atom stereocenters. The number of amides is 1. The molecule has 0 saturated heterocycles. The van der Waals surface area contributed by atoms with Crippen LogP contribution in [0.15, 0.2) is 36.2 Å². The SMILES string of the molecule is CCCn1c(C)cc(C=C(C#N)C(=O)NC(C)c2ccncc2)c1C. The van der Waals surface area contributed by atoms with E-state index in [1.165, 1.54) is 0 Å². The van der Waals surface area contributed by atoms with Crippen molar-refractivity contribution in [3.8, 4) is 6.07 Å². The highest BCUT2D eigenvalue weighted by Crippen LogP contribution is 2.19. The predicted octanol–water partition coefficient (Wildman–Crippen LogP) is 3.69. The Morgan fingerprint density at radius 2 is 2.08 bits per heavy atom. The first kappa shape index (κ1) is 18.5. The minimum Gasteiger partial charge on any atom is -0.349 e. The van der Waals surface area contributed by atoms with Gasteiger partial charge in [-0.3, -0.25) is 9.78 Å². The fourth-order valence-corrected chi connectivity index (χ4v) is 2.86. The summed E-state index contributed by atoms with van der Waals surface area (Å²) in [5.41, 5.74) is 4.17. The highest BCUT2D eigenvalue weighted by Gasteiger charge is 2.15. The summed E-state index contributed by atoms with van der Waals surface area (Å²) in [6.07, 6.45) is 6.07. The van der Waals surface area contributed by atoms with Gasteiger partial charge in [0.2, 0.25) is 0 Å². The number of hydrogen-bond acceptors (Lipinski definition) is 3. The number of pyridine rings is 1. The van der Waals surface area contributed by atoms with E-state index in [1.54, 1.807) is 18.5 Å². The van der Waals surface area contributed by atoms with E-state index in [9.17, 15) is 10.1 Å². The lowest BCUT2D eigenvalue weighted by Crippen LogP contribution is -2.27. The van der Waals surface area contributed by atoms with Crippen LogP contribution >= 0.6 is 0 Å². The second-order valence-corrected chi connectivity index (χ2v) is 6.12. The molecule has 0 spiro atoms. The molecule has 0 bridgehead atoms. The number of nitrogens with one attached hydrogen (secondary N) is 1. The van der Waals surface area contributed by atoms with Crippen molar-refractivity contribution >= 4 is 12.0 Å². The van der Waals surface area contributed by atoms with Crippen molar-refractivity contribution in [2.45, 2.75) is 46.7 Å². The Morgan fingerprint density at radius 3 is 2.68 bits per heavy atom. The van der Waals surface area contributed by atoms with Crippen LogP contribution in [0.5, 0.6) is 0 Å². The van der Waals surface area contributed by atoms with E-state index in [-0.39, 0.29) is 17.5 Å². The van der Waals surface area contributed by atoms with Gasteiger partial charge >= 0.3 is 0 Å².